The van der Waals surface area contributed by atoms with E-state index in [0.29, 0.717) is 22.4 Å². The molecule has 0 atom stereocenters. The van der Waals surface area contributed by atoms with E-state index < -0.39 is 10.7 Å². The molecule has 3 rings (SSSR count). The molecular formula is C17H16FN3O3. The Morgan fingerprint density at radius 3 is 2.62 bits per heavy atom. The van der Waals surface area contributed by atoms with Crippen molar-refractivity contribution in [3.05, 3.63) is 57.0 Å². The van der Waals surface area contributed by atoms with Crippen LogP contribution in [0, 0.1) is 29.8 Å². The summed E-state index contributed by atoms with van der Waals surface area (Å²) in [5, 5.41) is 13.7. The third-order valence-corrected chi connectivity index (χ3v) is 4.07. The first-order chi connectivity index (χ1) is 11.4. The van der Waals surface area contributed by atoms with E-state index in [1.54, 1.807) is 19.9 Å². The molecule has 2 aromatic rings. The maximum absolute atomic E-state index is 14.2. The molecule has 0 unspecified atom stereocenters. The summed E-state index contributed by atoms with van der Waals surface area (Å²) in [6.07, 6.45) is 3.03. The first-order valence-corrected chi connectivity index (χ1v) is 7.59. The molecule has 24 heavy (non-hydrogen) atoms. The zero-order valence-corrected chi connectivity index (χ0v) is 13.3. The van der Waals surface area contributed by atoms with Gasteiger partial charge in [-0.25, -0.2) is 9.37 Å². The number of halogens is 1. The molecule has 1 aromatic heterocycles. The molecule has 1 aromatic carbocycles. The zero-order chi connectivity index (χ0) is 17.4. The monoisotopic (exact) mass is 329 g/mol. The van der Waals surface area contributed by atoms with Crippen LogP contribution in [0.5, 0.6) is 0 Å². The third kappa shape index (κ3) is 3.10. The van der Waals surface area contributed by atoms with E-state index >= 15 is 0 Å². The van der Waals surface area contributed by atoms with Gasteiger partial charge in [-0.05, 0) is 50.5 Å². The number of carbonyl (C=O) groups is 1. The number of nitrogens with zero attached hydrogens (tertiary/aromatic N) is 2. The number of pyridine rings is 1. The van der Waals surface area contributed by atoms with Gasteiger partial charge in [0, 0.05) is 22.7 Å². The molecule has 0 bridgehead atoms. The number of carbonyl (C=O) groups excluding carboxylic acids is 1. The number of nitrogens with one attached hydrogen (secondary N) is 1. The van der Waals surface area contributed by atoms with Crippen LogP contribution in [0.15, 0.2) is 24.4 Å². The van der Waals surface area contributed by atoms with Crippen molar-refractivity contribution in [2.45, 2.75) is 32.7 Å². The summed E-state index contributed by atoms with van der Waals surface area (Å²) < 4.78 is 14.2. The smallest absolute Gasteiger partial charge is 0.290 e. The molecule has 6 nitrogen and oxygen atoms in total. The topological polar surface area (TPSA) is 85.1 Å². The van der Waals surface area contributed by atoms with Gasteiger partial charge in [0.1, 0.15) is 12.0 Å². The Bertz CT molecular complexity index is 847. The lowest BCUT2D eigenvalue weighted by Crippen LogP contribution is -2.25. The number of nitro groups is 1. The number of rotatable bonds is 4. The summed E-state index contributed by atoms with van der Waals surface area (Å²) in [4.78, 5) is 26.6. The number of hydrogen-bond acceptors (Lipinski definition) is 4. The second-order valence-electron chi connectivity index (χ2n) is 5.99. The second-order valence-corrected chi connectivity index (χ2v) is 5.99. The van der Waals surface area contributed by atoms with Crippen molar-refractivity contribution in [1.29, 1.82) is 0 Å². The fourth-order valence-corrected chi connectivity index (χ4v) is 2.46. The Morgan fingerprint density at radius 1 is 1.33 bits per heavy atom. The van der Waals surface area contributed by atoms with Crippen LogP contribution >= 0.6 is 0 Å². The van der Waals surface area contributed by atoms with E-state index in [2.05, 4.69) is 10.3 Å². The molecule has 7 heteroatoms. The van der Waals surface area contributed by atoms with Gasteiger partial charge < -0.3 is 5.32 Å². The van der Waals surface area contributed by atoms with Crippen LogP contribution in [0.3, 0.4) is 0 Å². The normalized spacial score (nSPS) is 13.6. The minimum Gasteiger partial charge on any atom is -0.349 e. The lowest BCUT2D eigenvalue weighted by Gasteiger charge is -2.11. The highest BCUT2D eigenvalue weighted by atomic mass is 19.1. The summed E-state index contributed by atoms with van der Waals surface area (Å²) >= 11 is 0. The molecule has 1 heterocycles. The second kappa shape index (κ2) is 5.99. The van der Waals surface area contributed by atoms with Gasteiger partial charge in [0.2, 0.25) is 0 Å². The Labute approximate surface area is 137 Å². The van der Waals surface area contributed by atoms with Gasteiger partial charge in [-0.15, -0.1) is 0 Å². The van der Waals surface area contributed by atoms with Crippen molar-refractivity contribution in [3.8, 4) is 11.3 Å². The zero-order valence-electron chi connectivity index (χ0n) is 13.3. The minimum absolute atomic E-state index is 0.0977. The predicted molar refractivity (Wildman–Crippen MR) is 86.2 cm³/mol. The minimum atomic E-state index is -0.515. The maximum atomic E-state index is 14.2. The van der Waals surface area contributed by atoms with Gasteiger partial charge >= 0.3 is 0 Å². The summed E-state index contributed by atoms with van der Waals surface area (Å²) in [6, 6.07) is 4.48. The lowest BCUT2D eigenvalue weighted by atomic mass is 9.99. The summed E-state index contributed by atoms with van der Waals surface area (Å²) in [5.74, 6) is -0.831. The Hall–Kier alpha value is -2.83. The van der Waals surface area contributed by atoms with E-state index in [0.717, 1.165) is 19.0 Å². The average molecular weight is 329 g/mol. The van der Waals surface area contributed by atoms with Crippen molar-refractivity contribution in [2.24, 2.45) is 0 Å². The molecule has 1 aliphatic carbocycles. The first kappa shape index (κ1) is 16.0. The molecule has 1 saturated carbocycles. The van der Waals surface area contributed by atoms with E-state index in [-0.39, 0.29) is 23.2 Å². The molecule has 0 radical (unpaired) electrons. The van der Waals surface area contributed by atoms with E-state index in [4.69, 9.17) is 0 Å². The lowest BCUT2D eigenvalue weighted by molar-refractivity contribution is -0.385. The summed E-state index contributed by atoms with van der Waals surface area (Å²) in [7, 11) is 0. The highest BCUT2D eigenvalue weighted by molar-refractivity contribution is 5.96. The quantitative estimate of drug-likeness (QED) is 0.689. The van der Waals surface area contributed by atoms with Crippen LogP contribution in [0.4, 0.5) is 10.1 Å². The maximum Gasteiger partial charge on any atom is 0.290 e. The third-order valence-electron chi connectivity index (χ3n) is 4.07. The Kier molecular flexibility index (Phi) is 4.01. The van der Waals surface area contributed by atoms with Gasteiger partial charge in [-0.2, -0.15) is 0 Å². The van der Waals surface area contributed by atoms with Gasteiger partial charge in [-0.3, -0.25) is 14.9 Å². The number of hydrogen-bond donors (Lipinski definition) is 1. The van der Waals surface area contributed by atoms with Crippen molar-refractivity contribution in [1.82, 2.24) is 10.3 Å². The molecule has 0 spiro atoms. The van der Waals surface area contributed by atoms with Gasteiger partial charge in [-0.1, -0.05) is 0 Å². The molecular weight excluding hydrogens is 313 g/mol. The van der Waals surface area contributed by atoms with Crippen molar-refractivity contribution < 1.29 is 14.1 Å². The molecule has 0 aliphatic heterocycles. The van der Waals surface area contributed by atoms with Crippen molar-refractivity contribution in [2.75, 3.05) is 0 Å². The van der Waals surface area contributed by atoms with Gasteiger partial charge in [0.25, 0.3) is 11.6 Å². The molecule has 1 fully saturated rings. The highest BCUT2D eigenvalue weighted by Gasteiger charge is 2.25. The van der Waals surface area contributed by atoms with Crippen molar-refractivity contribution in [3.63, 3.8) is 0 Å². The predicted octanol–water partition coefficient (Wildman–Crippen LogP) is 3.30. The number of amides is 1. The molecule has 1 aliphatic rings. The molecule has 0 saturated heterocycles. The first-order valence-electron chi connectivity index (χ1n) is 7.59. The fourth-order valence-electron chi connectivity index (χ4n) is 2.46. The Balaban J connectivity index is 2.03. The largest absolute Gasteiger partial charge is 0.349 e. The van der Waals surface area contributed by atoms with Crippen LogP contribution < -0.4 is 5.32 Å². The Morgan fingerprint density at radius 2 is 2.04 bits per heavy atom. The van der Waals surface area contributed by atoms with E-state index in [1.807, 2.05) is 0 Å². The SMILES string of the molecule is Cc1cc(-c2cc(C(=O)NC3CC3)cc(F)c2C)ncc1[N+](=O)[O-]. The van der Waals surface area contributed by atoms with Gasteiger partial charge in [0.15, 0.2) is 0 Å². The van der Waals surface area contributed by atoms with Crippen LogP contribution in [0.2, 0.25) is 0 Å². The highest BCUT2D eigenvalue weighted by Crippen LogP contribution is 2.29. The molecule has 1 N–H and O–H groups in total. The summed E-state index contributed by atoms with van der Waals surface area (Å²) in [5.41, 5.74) is 1.75. The molecule has 124 valence electrons. The summed E-state index contributed by atoms with van der Waals surface area (Å²) in [6.45, 7) is 3.18. The number of aromatic nitrogens is 1. The van der Waals surface area contributed by atoms with E-state index in [9.17, 15) is 19.3 Å². The number of aryl methyl sites for hydroxylation is 1. The fraction of sp³-hybridized carbons (Fsp3) is 0.294. The van der Waals surface area contributed by atoms with Gasteiger partial charge in [0.05, 0.1) is 10.6 Å². The van der Waals surface area contributed by atoms with Crippen LogP contribution in [-0.2, 0) is 0 Å². The number of benzene rings is 1. The molecule has 1 amide bonds. The average Bonchev–Trinajstić information content (AvgIpc) is 3.33. The van der Waals surface area contributed by atoms with Crippen LogP contribution in [0.1, 0.15) is 34.3 Å². The van der Waals surface area contributed by atoms with Crippen molar-refractivity contribution >= 4 is 11.6 Å². The van der Waals surface area contributed by atoms with E-state index in [1.165, 1.54) is 12.1 Å². The standard InChI is InChI=1S/C17H16FN3O3/c1-9-5-15(19-8-16(9)21(23)24)13-6-11(7-14(18)10(13)2)17(22)20-12-3-4-12/h5-8,12H,3-4H2,1-2H3,(H,20,22). The van der Waals surface area contributed by atoms with Crippen LogP contribution in [0.25, 0.3) is 11.3 Å². The van der Waals surface area contributed by atoms with Crippen LogP contribution in [-0.4, -0.2) is 21.9 Å².